The molecule has 1 heterocycles. The van der Waals surface area contributed by atoms with Crippen LogP contribution in [0.2, 0.25) is 0 Å². The average Bonchev–Trinajstić information content (AvgIpc) is 2.54. The first-order chi connectivity index (χ1) is 10.5. The molecule has 0 saturated carbocycles. The zero-order chi connectivity index (χ0) is 16.2. The number of hydrogen-bond donors (Lipinski definition) is 1. The second-order valence-corrected chi connectivity index (χ2v) is 4.54. The minimum Gasteiger partial charge on any atom is -0.481 e. The summed E-state index contributed by atoms with van der Waals surface area (Å²) < 4.78 is 15.6. The Balaban J connectivity index is 2.43. The molecule has 2 rings (SSSR count). The lowest BCUT2D eigenvalue weighted by molar-refractivity contribution is -0.155. The lowest BCUT2D eigenvalue weighted by atomic mass is 9.96. The second kappa shape index (κ2) is 6.30. The standard InChI is InChI=1S/C15H16N2O5/c1-15(13(18)19,10-7-5-4-6-8-10)22-14-16-11(20-2)9-12(17-14)21-3/h4-9H,1-3H3,(H,18,19). The fourth-order valence-electron chi connectivity index (χ4n) is 1.80. The van der Waals surface area contributed by atoms with E-state index >= 15 is 0 Å². The van der Waals surface area contributed by atoms with Gasteiger partial charge in [0.2, 0.25) is 17.4 Å². The number of ether oxygens (including phenoxy) is 3. The van der Waals surface area contributed by atoms with Crippen molar-refractivity contribution in [3.63, 3.8) is 0 Å². The van der Waals surface area contributed by atoms with Crippen LogP contribution in [0.15, 0.2) is 36.4 Å². The largest absolute Gasteiger partial charge is 0.481 e. The highest BCUT2D eigenvalue weighted by atomic mass is 16.5. The molecule has 0 saturated heterocycles. The summed E-state index contributed by atoms with van der Waals surface area (Å²) in [4.78, 5) is 19.7. The molecule has 0 spiro atoms. The summed E-state index contributed by atoms with van der Waals surface area (Å²) >= 11 is 0. The maximum absolute atomic E-state index is 11.7. The SMILES string of the molecule is COc1cc(OC)nc(OC(C)(C(=O)O)c2ccccc2)n1. The van der Waals surface area contributed by atoms with Crippen molar-refractivity contribution < 1.29 is 24.1 Å². The highest BCUT2D eigenvalue weighted by molar-refractivity contribution is 5.79. The molecule has 0 radical (unpaired) electrons. The van der Waals surface area contributed by atoms with Crippen LogP contribution in [-0.4, -0.2) is 35.3 Å². The second-order valence-electron chi connectivity index (χ2n) is 4.54. The van der Waals surface area contributed by atoms with Crippen molar-refractivity contribution in [1.29, 1.82) is 0 Å². The predicted molar refractivity (Wildman–Crippen MR) is 77.2 cm³/mol. The van der Waals surface area contributed by atoms with Crippen LogP contribution >= 0.6 is 0 Å². The summed E-state index contributed by atoms with van der Waals surface area (Å²) in [6, 6.07) is 9.88. The first-order valence-electron chi connectivity index (χ1n) is 6.44. The maximum atomic E-state index is 11.7. The third-order valence-corrected chi connectivity index (χ3v) is 3.11. The summed E-state index contributed by atoms with van der Waals surface area (Å²) in [5.74, 6) is -0.741. The lowest BCUT2D eigenvalue weighted by Crippen LogP contribution is -2.39. The molecular formula is C15H16N2O5. The molecule has 0 aliphatic heterocycles. The Labute approximate surface area is 127 Å². The minimum absolute atomic E-state index is 0.148. The third-order valence-electron chi connectivity index (χ3n) is 3.11. The first-order valence-corrected chi connectivity index (χ1v) is 6.44. The number of nitrogens with zero attached hydrogens (tertiary/aromatic N) is 2. The Morgan fingerprint density at radius 2 is 1.64 bits per heavy atom. The molecule has 0 fully saturated rings. The van der Waals surface area contributed by atoms with E-state index in [0.717, 1.165) is 0 Å². The van der Waals surface area contributed by atoms with Gasteiger partial charge in [-0.1, -0.05) is 30.3 Å². The van der Waals surface area contributed by atoms with Crippen molar-refractivity contribution >= 4 is 5.97 Å². The number of carboxylic acid groups (broad SMARTS) is 1. The van der Waals surface area contributed by atoms with E-state index in [9.17, 15) is 9.90 Å². The summed E-state index contributed by atoms with van der Waals surface area (Å²) in [5.41, 5.74) is -1.17. The molecule has 7 heteroatoms. The van der Waals surface area contributed by atoms with Gasteiger partial charge in [0.1, 0.15) is 0 Å². The summed E-state index contributed by atoms with van der Waals surface area (Å²) in [5, 5.41) is 9.56. The number of carbonyl (C=O) groups is 1. The molecule has 1 aromatic heterocycles. The number of rotatable bonds is 6. The van der Waals surface area contributed by atoms with Crippen molar-refractivity contribution in [2.75, 3.05) is 14.2 Å². The number of methoxy groups -OCH3 is 2. The number of carboxylic acids is 1. The van der Waals surface area contributed by atoms with Crippen LogP contribution in [0.4, 0.5) is 0 Å². The van der Waals surface area contributed by atoms with Crippen LogP contribution < -0.4 is 14.2 Å². The fourth-order valence-corrected chi connectivity index (χ4v) is 1.80. The van der Waals surface area contributed by atoms with Crippen LogP contribution in [0, 0.1) is 0 Å². The molecule has 116 valence electrons. The highest BCUT2D eigenvalue weighted by Crippen LogP contribution is 2.28. The number of aliphatic carboxylic acids is 1. The van der Waals surface area contributed by atoms with Gasteiger partial charge in [-0.2, -0.15) is 9.97 Å². The summed E-state index contributed by atoms with van der Waals surface area (Å²) in [7, 11) is 2.86. The lowest BCUT2D eigenvalue weighted by Gasteiger charge is -2.25. The van der Waals surface area contributed by atoms with Gasteiger partial charge >= 0.3 is 12.0 Å². The van der Waals surface area contributed by atoms with Gasteiger partial charge in [-0.05, 0) is 6.92 Å². The third kappa shape index (κ3) is 3.08. The van der Waals surface area contributed by atoms with Crippen LogP contribution in [0.3, 0.4) is 0 Å². The number of aromatic nitrogens is 2. The van der Waals surface area contributed by atoms with Crippen molar-refractivity contribution in [3.8, 4) is 17.8 Å². The molecule has 0 aliphatic carbocycles. The van der Waals surface area contributed by atoms with E-state index in [4.69, 9.17) is 14.2 Å². The number of benzene rings is 1. The Morgan fingerprint density at radius 1 is 1.09 bits per heavy atom. The van der Waals surface area contributed by atoms with E-state index in [1.807, 2.05) is 0 Å². The Bertz CT molecular complexity index is 640. The van der Waals surface area contributed by atoms with Crippen molar-refractivity contribution in [1.82, 2.24) is 9.97 Å². The molecule has 1 N–H and O–H groups in total. The van der Waals surface area contributed by atoms with Gasteiger partial charge in [-0.25, -0.2) is 4.79 Å². The van der Waals surface area contributed by atoms with Gasteiger partial charge in [-0.15, -0.1) is 0 Å². The predicted octanol–water partition coefficient (Wildman–Crippen LogP) is 1.87. The Hall–Kier alpha value is -2.83. The fraction of sp³-hybridized carbons (Fsp3) is 0.267. The van der Waals surface area contributed by atoms with Gasteiger partial charge in [0.25, 0.3) is 0 Å². The van der Waals surface area contributed by atoms with Crippen molar-refractivity contribution in [2.24, 2.45) is 0 Å². The minimum atomic E-state index is -1.64. The van der Waals surface area contributed by atoms with E-state index in [2.05, 4.69) is 9.97 Å². The molecule has 7 nitrogen and oxygen atoms in total. The molecule has 22 heavy (non-hydrogen) atoms. The van der Waals surface area contributed by atoms with Gasteiger partial charge in [-0.3, -0.25) is 0 Å². The van der Waals surface area contributed by atoms with Crippen molar-refractivity contribution in [3.05, 3.63) is 42.0 Å². The monoisotopic (exact) mass is 304 g/mol. The smallest absolute Gasteiger partial charge is 0.352 e. The maximum Gasteiger partial charge on any atom is 0.352 e. The molecule has 0 bridgehead atoms. The van der Waals surface area contributed by atoms with Crippen LogP contribution in [0.25, 0.3) is 0 Å². The molecular weight excluding hydrogens is 288 g/mol. The van der Waals surface area contributed by atoms with E-state index in [0.29, 0.717) is 5.56 Å². The van der Waals surface area contributed by atoms with E-state index < -0.39 is 11.6 Å². The Kier molecular flexibility index (Phi) is 4.45. The highest BCUT2D eigenvalue weighted by Gasteiger charge is 2.39. The van der Waals surface area contributed by atoms with Crippen LogP contribution in [0.5, 0.6) is 17.8 Å². The van der Waals surface area contributed by atoms with Crippen molar-refractivity contribution in [2.45, 2.75) is 12.5 Å². The molecule has 0 amide bonds. The van der Waals surface area contributed by atoms with Gasteiger partial charge in [0.15, 0.2) is 0 Å². The van der Waals surface area contributed by atoms with Crippen LogP contribution in [-0.2, 0) is 10.4 Å². The number of hydrogen-bond acceptors (Lipinski definition) is 6. The molecule has 1 unspecified atom stereocenters. The zero-order valence-corrected chi connectivity index (χ0v) is 12.4. The van der Waals surface area contributed by atoms with Gasteiger partial charge in [0.05, 0.1) is 20.3 Å². The zero-order valence-electron chi connectivity index (χ0n) is 12.4. The van der Waals surface area contributed by atoms with Crippen LogP contribution in [0.1, 0.15) is 12.5 Å². The first kappa shape index (κ1) is 15.6. The average molecular weight is 304 g/mol. The van der Waals surface area contributed by atoms with Gasteiger partial charge < -0.3 is 19.3 Å². The summed E-state index contributed by atoms with van der Waals surface area (Å²) in [6.45, 7) is 1.43. The Morgan fingerprint density at radius 3 is 2.09 bits per heavy atom. The van der Waals surface area contributed by atoms with E-state index in [-0.39, 0.29) is 17.8 Å². The van der Waals surface area contributed by atoms with E-state index in [1.54, 1.807) is 30.3 Å². The molecule has 0 aliphatic rings. The molecule has 2 aromatic rings. The summed E-state index contributed by atoms with van der Waals surface area (Å²) in [6.07, 6.45) is 0. The van der Waals surface area contributed by atoms with E-state index in [1.165, 1.54) is 27.2 Å². The topological polar surface area (TPSA) is 90.8 Å². The normalized spacial score (nSPS) is 13.0. The molecule has 1 aromatic carbocycles. The molecule has 1 atom stereocenters. The van der Waals surface area contributed by atoms with Gasteiger partial charge in [0, 0.05) is 5.56 Å². The quantitative estimate of drug-likeness (QED) is 0.871.